The maximum atomic E-state index is 13.5. The molecule has 4 rings (SSSR count). The fraction of sp³-hybridized carbons (Fsp3) is 0.645. The molecule has 0 bridgehead atoms. The third-order valence-corrected chi connectivity index (χ3v) is 8.76. The number of benzene rings is 1. The van der Waals surface area contributed by atoms with Gasteiger partial charge in [-0.3, -0.25) is 8.98 Å². The molecule has 1 aromatic carbocycles. The van der Waals surface area contributed by atoms with Crippen molar-refractivity contribution >= 4 is 38.8 Å². The second-order valence-corrected chi connectivity index (χ2v) is 14.4. The number of hydrogen-bond acceptors (Lipinski definition) is 8. The van der Waals surface area contributed by atoms with Crippen LogP contribution < -0.4 is 15.5 Å². The Morgan fingerprint density at radius 3 is 2.19 bits per heavy atom. The minimum absolute atomic E-state index is 0.0867. The van der Waals surface area contributed by atoms with Crippen molar-refractivity contribution in [1.29, 1.82) is 0 Å². The molecule has 2 amide bonds. The van der Waals surface area contributed by atoms with Gasteiger partial charge in [-0.25, -0.2) is 9.78 Å². The van der Waals surface area contributed by atoms with E-state index in [1.807, 2.05) is 51.1 Å². The summed E-state index contributed by atoms with van der Waals surface area (Å²) in [6.45, 7) is 8.61. The number of anilines is 1. The maximum Gasteiger partial charge on any atom is 0.407 e. The predicted octanol–water partition coefficient (Wildman–Crippen LogP) is 4.88. The molecule has 2 fully saturated rings. The monoisotopic (exact) mass is 602 g/mol. The minimum Gasteiger partial charge on any atom is -0.444 e. The van der Waals surface area contributed by atoms with Gasteiger partial charge in [0.2, 0.25) is 0 Å². The number of rotatable bonds is 10. The average molecular weight is 603 g/mol. The van der Waals surface area contributed by atoms with Gasteiger partial charge in [0.25, 0.3) is 16.0 Å². The number of fused-ring (bicyclic) bond motifs is 1. The van der Waals surface area contributed by atoms with Crippen LogP contribution in [0.5, 0.6) is 0 Å². The fourth-order valence-corrected chi connectivity index (χ4v) is 6.24. The molecule has 0 unspecified atom stereocenters. The van der Waals surface area contributed by atoms with Crippen molar-refractivity contribution < 1.29 is 26.9 Å². The van der Waals surface area contributed by atoms with E-state index in [1.165, 1.54) is 0 Å². The Balaban J connectivity index is 1.29. The summed E-state index contributed by atoms with van der Waals surface area (Å²) in [5.41, 5.74) is 0.924. The molecule has 0 atom stereocenters. The minimum atomic E-state index is -3.41. The zero-order chi connectivity index (χ0) is 30.3. The maximum absolute atomic E-state index is 13.5. The molecule has 1 aromatic heterocycles. The van der Waals surface area contributed by atoms with Crippen molar-refractivity contribution in [2.24, 2.45) is 17.8 Å². The van der Waals surface area contributed by atoms with Gasteiger partial charge in [0.1, 0.15) is 11.4 Å². The fourth-order valence-electron chi connectivity index (χ4n) is 5.84. The van der Waals surface area contributed by atoms with E-state index in [-0.39, 0.29) is 18.6 Å². The van der Waals surface area contributed by atoms with Gasteiger partial charge in [-0.15, -0.1) is 0 Å². The molecule has 42 heavy (non-hydrogen) atoms. The zero-order valence-electron chi connectivity index (χ0n) is 25.4. The Labute approximate surface area is 250 Å². The first-order valence-electron chi connectivity index (χ1n) is 15.1. The van der Waals surface area contributed by atoms with Gasteiger partial charge in [0, 0.05) is 31.6 Å². The van der Waals surface area contributed by atoms with Crippen LogP contribution in [0.1, 0.15) is 76.1 Å². The first kappa shape index (κ1) is 32.0. The third-order valence-electron chi connectivity index (χ3n) is 8.16. The van der Waals surface area contributed by atoms with Crippen LogP contribution in [0.4, 0.5) is 10.6 Å². The summed E-state index contributed by atoms with van der Waals surface area (Å²) in [4.78, 5) is 32.5. The molecule has 1 aliphatic carbocycles. The summed E-state index contributed by atoms with van der Waals surface area (Å²) < 4.78 is 32.7. The number of ether oxygens (including phenoxy) is 1. The third kappa shape index (κ3) is 9.83. The van der Waals surface area contributed by atoms with Crippen LogP contribution >= 0.6 is 0 Å². The van der Waals surface area contributed by atoms with E-state index in [9.17, 15) is 18.0 Å². The van der Waals surface area contributed by atoms with E-state index in [4.69, 9.17) is 13.9 Å². The number of nitrogens with one attached hydrogen (secondary N) is 2. The van der Waals surface area contributed by atoms with Crippen LogP contribution in [0.15, 0.2) is 30.3 Å². The highest BCUT2D eigenvalue weighted by molar-refractivity contribution is 7.85. The number of carbonyl (C=O) groups is 2. The quantitative estimate of drug-likeness (QED) is 0.369. The Morgan fingerprint density at radius 1 is 0.952 bits per heavy atom. The number of pyridine rings is 1. The number of nitrogens with zero attached hydrogens (tertiary/aromatic N) is 2. The molecule has 0 spiro atoms. The summed E-state index contributed by atoms with van der Waals surface area (Å²) in [5.74, 6) is 1.94. The number of para-hydroxylation sites is 1. The van der Waals surface area contributed by atoms with Crippen LogP contribution in [0.2, 0.25) is 0 Å². The number of hydrogen-bond donors (Lipinski definition) is 2. The van der Waals surface area contributed by atoms with E-state index in [0.29, 0.717) is 42.8 Å². The van der Waals surface area contributed by atoms with Gasteiger partial charge in [-0.05, 0) is 95.6 Å². The van der Waals surface area contributed by atoms with Gasteiger partial charge >= 0.3 is 6.09 Å². The number of alkyl carbamates (subject to hydrolysis) is 1. The standard InChI is InChI=1S/C31H46N4O6S/c1-31(2,3)41-30(37)33-21-24-11-9-23(10-12-24)20-32-29(36)26-19-28(34-27-8-6-5-7-25(26)27)35-16-13-22(14-17-35)15-18-40-42(4,38)39/h5-8,19,22-24H,9-18,20-21H2,1-4H3,(H,32,36)(H,33,37). The summed E-state index contributed by atoms with van der Waals surface area (Å²) >= 11 is 0. The van der Waals surface area contributed by atoms with Gasteiger partial charge in [-0.2, -0.15) is 8.42 Å². The molecule has 10 nitrogen and oxygen atoms in total. The van der Waals surface area contributed by atoms with Gasteiger partial charge in [0.15, 0.2) is 0 Å². The average Bonchev–Trinajstić information content (AvgIpc) is 2.93. The molecule has 11 heteroatoms. The molecule has 1 saturated carbocycles. The molecule has 2 aliphatic rings. The largest absolute Gasteiger partial charge is 0.444 e. The Kier molecular flexibility index (Phi) is 10.7. The second kappa shape index (κ2) is 14.0. The van der Waals surface area contributed by atoms with Crippen LogP contribution in [-0.4, -0.2) is 70.0 Å². The lowest BCUT2D eigenvalue weighted by molar-refractivity contribution is 0.0512. The van der Waals surface area contributed by atoms with E-state index in [1.54, 1.807) is 0 Å². The molecule has 2 aromatic rings. The highest BCUT2D eigenvalue weighted by Gasteiger charge is 2.25. The van der Waals surface area contributed by atoms with Gasteiger partial charge < -0.3 is 20.3 Å². The van der Waals surface area contributed by atoms with Crippen molar-refractivity contribution in [2.45, 2.75) is 71.3 Å². The first-order chi connectivity index (χ1) is 19.9. The lowest BCUT2D eigenvalue weighted by atomic mass is 9.82. The Bertz CT molecular complexity index is 1330. The molecule has 232 valence electrons. The number of carbonyl (C=O) groups excluding carboxylic acids is 2. The molecule has 1 saturated heterocycles. The van der Waals surface area contributed by atoms with Crippen molar-refractivity contribution in [3.8, 4) is 0 Å². The van der Waals surface area contributed by atoms with Gasteiger partial charge in [-0.1, -0.05) is 18.2 Å². The van der Waals surface area contributed by atoms with E-state index < -0.39 is 15.7 Å². The molecular weight excluding hydrogens is 556 g/mol. The Hall–Kier alpha value is -2.92. The zero-order valence-corrected chi connectivity index (χ0v) is 26.2. The normalized spacial score (nSPS) is 20.3. The highest BCUT2D eigenvalue weighted by Crippen LogP contribution is 2.30. The van der Waals surface area contributed by atoms with Crippen molar-refractivity contribution in [3.63, 3.8) is 0 Å². The smallest absolute Gasteiger partial charge is 0.407 e. The highest BCUT2D eigenvalue weighted by atomic mass is 32.2. The van der Waals surface area contributed by atoms with Crippen LogP contribution in [0.3, 0.4) is 0 Å². The lowest BCUT2D eigenvalue weighted by Crippen LogP contribution is -2.37. The van der Waals surface area contributed by atoms with E-state index >= 15 is 0 Å². The van der Waals surface area contributed by atoms with E-state index in [2.05, 4.69) is 15.5 Å². The van der Waals surface area contributed by atoms with Crippen LogP contribution in [0.25, 0.3) is 10.9 Å². The summed E-state index contributed by atoms with van der Waals surface area (Å²) in [7, 11) is -3.41. The first-order valence-corrected chi connectivity index (χ1v) is 16.9. The Morgan fingerprint density at radius 2 is 1.57 bits per heavy atom. The lowest BCUT2D eigenvalue weighted by Gasteiger charge is -2.33. The van der Waals surface area contributed by atoms with Crippen LogP contribution in [-0.2, 0) is 19.0 Å². The SMILES string of the molecule is CC(C)(C)OC(=O)NCC1CCC(CNC(=O)c2cc(N3CCC(CCOS(C)(=O)=O)CC3)nc3ccccc23)CC1. The molecule has 0 radical (unpaired) electrons. The summed E-state index contributed by atoms with van der Waals surface area (Å²) in [5, 5.41) is 6.92. The molecule has 2 N–H and O–H groups in total. The number of aromatic nitrogens is 1. The van der Waals surface area contributed by atoms with Crippen molar-refractivity contribution in [2.75, 3.05) is 43.9 Å². The van der Waals surface area contributed by atoms with Crippen molar-refractivity contribution in [1.82, 2.24) is 15.6 Å². The van der Waals surface area contributed by atoms with Crippen LogP contribution in [0, 0.1) is 17.8 Å². The second-order valence-electron chi connectivity index (χ2n) is 12.8. The predicted molar refractivity (Wildman–Crippen MR) is 164 cm³/mol. The molecule has 1 aliphatic heterocycles. The molecule has 2 heterocycles. The van der Waals surface area contributed by atoms with Crippen molar-refractivity contribution in [3.05, 3.63) is 35.9 Å². The summed E-state index contributed by atoms with van der Waals surface area (Å²) in [6.07, 6.45) is 7.28. The summed E-state index contributed by atoms with van der Waals surface area (Å²) in [6, 6.07) is 9.65. The topological polar surface area (TPSA) is 127 Å². The number of amides is 2. The van der Waals surface area contributed by atoms with Gasteiger partial charge in [0.05, 0.1) is 23.9 Å². The van der Waals surface area contributed by atoms with E-state index in [0.717, 1.165) is 74.6 Å². The molecular formula is C31H46N4O6S. The number of piperidine rings is 1.